The van der Waals surface area contributed by atoms with E-state index in [1.165, 1.54) is 16.9 Å². The highest BCUT2D eigenvalue weighted by atomic mass is 16.6. The zero-order valence-electron chi connectivity index (χ0n) is 18.5. The van der Waals surface area contributed by atoms with Crippen LogP contribution in [0.3, 0.4) is 0 Å². The van der Waals surface area contributed by atoms with Crippen LogP contribution in [0.4, 0.5) is 4.79 Å². The smallest absolute Gasteiger partial charge is 0.411 e. The van der Waals surface area contributed by atoms with Crippen molar-refractivity contribution >= 4 is 23.9 Å². The molecule has 10 heteroatoms. The molecule has 2 fully saturated rings. The van der Waals surface area contributed by atoms with Crippen LogP contribution in [0, 0.1) is 5.92 Å². The number of carbonyl (C=O) groups excluding carboxylic acids is 4. The molecule has 2 N–H and O–H groups in total. The number of methoxy groups -OCH3 is 1. The molecule has 0 radical (unpaired) electrons. The van der Waals surface area contributed by atoms with Gasteiger partial charge in [-0.1, -0.05) is 13.8 Å². The van der Waals surface area contributed by atoms with Crippen LogP contribution in [0.1, 0.15) is 47.5 Å². The van der Waals surface area contributed by atoms with E-state index in [9.17, 15) is 24.3 Å². The number of aliphatic hydroxyl groups is 1. The van der Waals surface area contributed by atoms with E-state index in [2.05, 4.69) is 5.32 Å². The van der Waals surface area contributed by atoms with Crippen LogP contribution >= 0.6 is 0 Å². The van der Waals surface area contributed by atoms with Crippen molar-refractivity contribution in [2.75, 3.05) is 20.2 Å². The van der Waals surface area contributed by atoms with Crippen molar-refractivity contribution in [2.45, 2.75) is 77.3 Å². The Morgan fingerprint density at radius 1 is 1.03 bits per heavy atom. The van der Waals surface area contributed by atoms with E-state index >= 15 is 0 Å². The predicted octanol–water partition coefficient (Wildman–Crippen LogP) is 0.271. The van der Waals surface area contributed by atoms with Gasteiger partial charge in [0, 0.05) is 31.3 Å². The van der Waals surface area contributed by atoms with Crippen molar-refractivity contribution in [2.24, 2.45) is 5.92 Å². The standard InChI is InChI=1S/C20H33N3O7/c1-11(2)17(26)22-9-12(7-15(22)18(27)29-6)21-16(25)14-8-13(24)10-23(14)19(28)30-20(3,4)5/h11-15,24H,7-10H2,1-6H3,(H,21,25)/t12-,13+,14+,15-/m1/s1. The van der Waals surface area contributed by atoms with Crippen LogP contribution in [0.2, 0.25) is 0 Å². The van der Waals surface area contributed by atoms with Crippen LogP contribution in [0.15, 0.2) is 0 Å². The average Bonchev–Trinajstić information content (AvgIpc) is 3.22. The molecule has 3 amide bonds. The van der Waals surface area contributed by atoms with Crippen molar-refractivity contribution in [3.05, 3.63) is 0 Å². The van der Waals surface area contributed by atoms with Crippen molar-refractivity contribution in [1.29, 1.82) is 0 Å². The van der Waals surface area contributed by atoms with E-state index in [0.29, 0.717) is 0 Å². The number of hydrogen-bond donors (Lipinski definition) is 2. The SMILES string of the molecule is COC(=O)[C@H]1C[C@@H](NC(=O)[C@@H]2C[C@H](O)CN2C(=O)OC(C)(C)C)CN1C(=O)C(C)C. The Balaban J connectivity index is 2.09. The van der Waals surface area contributed by atoms with Gasteiger partial charge in [-0.2, -0.15) is 0 Å². The predicted molar refractivity (Wildman–Crippen MR) is 106 cm³/mol. The maximum absolute atomic E-state index is 12.9. The number of hydrogen-bond acceptors (Lipinski definition) is 7. The number of rotatable bonds is 4. The van der Waals surface area contributed by atoms with Gasteiger partial charge in [-0.15, -0.1) is 0 Å². The van der Waals surface area contributed by atoms with Gasteiger partial charge in [-0.25, -0.2) is 9.59 Å². The van der Waals surface area contributed by atoms with Gasteiger partial charge in [0.2, 0.25) is 11.8 Å². The monoisotopic (exact) mass is 427 g/mol. The van der Waals surface area contributed by atoms with E-state index in [4.69, 9.17) is 9.47 Å². The highest BCUT2D eigenvalue weighted by Gasteiger charge is 2.45. The summed E-state index contributed by atoms with van der Waals surface area (Å²) in [5, 5.41) is 12.8. The van der Waals surface area contributed by atoms with Gasteiger partial charge in [0.05, 0.1) is 19.8 Å². The van der Waals surface area contributed by atoms with Gasteiger partial charge in [-0.3, -0.25) is 14.5 Å². The zero-order chi connectivity index (χ0) is 22.8. The second-order valence-electron chi connectivity index (χ2n) is 9.16. The minimum absolute atomic E-state index is 0.000409. The zero-order valence-corrected chi connectivity index (χ0v) is 18.5. The Morgan fingerprint density at radius 2 is 1.67 bits per heavy atom. The van der Waals surface area contributed by atoms with Crippen molar-refractivity contribution < 1.29 is 33.8 Å². The molecule has 4 atom stereocenters. The summed E-state index contributed by atoms with van der Waals surface area (Å²) in [4.78, 5) is 52.6. The molecular formula is C20H33N3O7. The molecule has 0 spiro atoms. The largest absolute Gasteiger partial charge is 0.467 e. The second-order valence-corrected chi connectivity index (χ2v) is 9.16. The van der Waals surface area contributed by atoms with Crippen LogP contribution in [0.25, 0.3) is 0 Å². The summed E-state index contributed by atoms with van der Waals surface area (Å²) >= 11 is 0. The highest BCUT2D eigenvalue weighted by Crippen LogP contribution is 2.24. The summed E-state index contributed by atoms with van der Waals surface area (Å²) in [6, 6.07) is -2.13. The third-order valence-corrected chi connectivity index (χ3v) is 5.11. The molecular weight excluding hydrogens is 394 g/mol. The maximum atomic E-state index is 12.9. The molecule has 2 heterocycles. The molecule has 0 aromatic rings. The molecule has 0 bridgehead atoms. The van der Waals surface area contributed by atoms with Gasteiger partial charge in [0.1, 0.15) is 17.7 Å². The van der Waals surface area contributed by atoms with E-state index in [1.807, 2.05) is 0 Å². The lowest BCUT2D eigenvalue weighted by Crippen LogP contribution is -2.50. The third kappa shape index (κ3) is 5.62. The summed E-state index contributed by atoms with van der Waals surface area (Å²) in [6.07, 6.45) is -1.20. The Hall–Kier alpha value is -2.36. The summed E-state index contributed by atoms with van der Waals surface area (Å²) in [5.74, 6) is -1.50. The second kappa shape index (κ2) is 9.20. The molecule has 2 rings (SSSR count). The van der Waals surface area contributed by atoms with Crippen LogP contribution in [-0.2, 0) is 23.9 Å². The lowest BCUT2D eigenvalue weighted by Gasteiger charge is -2.28. The van der Waals surface area contributed by atoms with E-state index in [1.54, 1.807) is 34.6 Å². The Bertz CT molecular complexity index is 688. The van der Waals surface area contributed by atoms with Gasteiger partial charge < -0.3 is 24.8 Å². The summed E-state index contributed by atoms with van der Waals surface area (Å²) < 4.78 is 10.1. The molecule has 0 aliphatic carbocycles. The molecule has 10 nitrogen and oxygen atoms in total. The lowest BCUT2D eigenvalue weighted by atomic mass is 10.1. The third-order valence-electron chi connectivity index (χ3n) is 5.11. The van der Waals surface area contributed by atoms with Gasteiger partial charge in [0.15, 0.2) is 0 Å². The fourth-order valence-electron chi connectivity index (χ4n) is 3.76. The van der Waals surface area contributed by atoms with E-state index in [-0.39, 0.29) is 37.8 Å². The highest BCUT2D eigenvalue weighted by molar-refractivity contribution is 5.88. The summed E-state index contributed by atoms with van der Waals surface area (Å²) in [7, 11) is 1.25. The molecule has 2 aliphatic heterocycles. The maximum Gasteiger partial charge on any atom is 0.411 e. The number of β-amino-alcohol motifs (C(OH)–C–C–N with tert-alkyl or cyclic N) is 1. The summed E-state index contributed by atoms with van der Waals surface area (Å²) in [5.41, 5.74) is -0.734. The van der Waals surface area contributed by atoms with Gasteiger partial charge >= 0.3 is 12.1 Å². The molecule has 2 aliphatic rings. The number of likely N-dealkylation sites (tertiary alicyclic amines) is 2. The molecule has 0 unspecified atom stereocenters. The molecule has 0 saturated carbocycles. The molecule has 30 heavy (non-hydrogen) atoms. The molecule has 170 valence electrons. The number of carbonyl (C=O) groups is 4. The first-order chi connectivity index (χ1) is 13.8. The quantitative estimate of drug-likeness (QED) is 0.617. The first kappa shape index (κ1) is 23.9. The minimum Gasteiger partial charge on any atom is -0.467 e. The molecule has 0 aromatic carbocycles. The Kier molecular flexibility index (Phi) is 7.33. The average molecular weight is 427 g/mol. The normalized spacial score (nSPS) is 26.7. The Morgan fingerprint density at radius 3 is 2.20 bits per heavy atom. The van der Waals surface area contributed by atoms with Gasteiger partial charge in [-0.05, 0) is 20.8 Å². The first-order valence-corrected chi connectivity index (χ1v) is 10.2. The molecule has 0 aromatic heterocycles. The number of esters is 1. The van der Waals surface area contributed by atoms with E-state index in [0.717, 1.165) is 0 Å². The number of ether oxygens (including phenoxy) is 2. The number of amides is 3. The van der Waals surface area contributed by atoms with Crippen molar-refractivity contribution in [3.63, 3.8) is 0 Å². The summed E-state index contributed by atoms with van der Waals surface area (Å²) in [6.45, 7) is 8.81. The van der Waals surface area contributed by atoms with Gasteiger partial charge in [0.25, 0.3) is 0 Å². The van der Waals surface area contributed by atoms with Crippen LogP contribution < -0.4 is 5.32 Å². The topological polar surface area (TPSA) is 125 Å². The van der Waals surface area contributed by atoms with Crippen LogP contribution in [0.5, 0.6) is 0 Å². The number of nitrogens with one attached hydrogen (secondary N) is 1. The number of nitrogens with zero attached hydrogens (tertiary/aromatic N) is 2. The number of aliphatic hydroxyl groups excluding tert-OH is 1. The lowest BCUT2D eigenvalue weighted by molar-refractivity contribution is -0.152. The minimum atomic E-state index is -0.888. The van der Waals surface area contributed by atoms with Crippen molar-refractivity contribution in [3.8, 4) is 0 Å². The first-order valence-electron chi connectivity index (χ1n) is 10.2. The van der Waals surface area contributed by atoms with Crippen LogP contribution in [-0.4, -0.2) is 88.8 Å². The Labute approximate surface area is 176 Å². The van der Waals surface area contributed by atoms with Crippen molar-refractivity contribution in [1.82, 2.24) is 15.1 Å². The van der Waals surface area contributed by atoms with E-state index < -0.39 is 47.8 Å². The fourth-order valence-corrected chi connectivity index (χ4v) is 3.76. The fraction of sp³-hybridized carbons (Fsp3) is 0.800. The molecule has 2 saturated heterocycles.